The second kappa shape index (κ2) is 9.50. The fraction of sp³-hybridized carbons (Fsp3) is 0.292. The maximum absolute atomic E-state index is 12.9. The number of amides is 2. The fourth-order valence-electron chi connectivity index (χ4n) is 4.63. The quantitative estimate of drug-likeness (QED) is 0.560. The van der Waals surface area contributed by atoms with Gasteiger partial charge in [0.25, 0.3) is 5.91 Å². The van der Waals surface area contributed by atoms with Gasteiger partial charge in [0.05, 0.1) is 4.90 Å². The molecule has 2 aromatic carbocycles. The second-order valence-electron chi connectivity index (χ2n) is 8.65. The topological polar surface area (TPSA) is 117 Å². The summed E-state index contributed by atoms with van der Waals surface area (Å²) >= 11 is 1.35. The maximum Gasteiger partial charge on any atom is 0.282 e. The van der Waals surface area contributed by atoms with Gasteiger partial charge in [0, 0.05) is 62.5 Å². The standard InChI is InChI=1S/C24H25N5O4S2/c25-35(32,33)21-6-4-17(5-7-21)18-2-1-3-19(14-18)29-16-20(15-22(29)30)27-9-11-28(12-10-27)24(31)23-26-8-13-34-23/h1-8,13-14,20H,9-12,15-16H2,(H2,25,32,33). The van der Waals surface area contributed by atoms with Gasteiger partial charge in [-0.2, -0.15) is 0 Å². The van der Waals surface area contributed by atoms with Gasteiger partial charge in [0.15, 0.2) is 5.01 Å². The molecule has 3 aromatic rings. The molecular weight excluding hydrogens is 486 g/mol. The van der Waals surface area contributed by atoms with Crippen molar-refractivity contribution in [2.75, 3.05) is 37.6 Å². The van der Waals surface area contributed by atoms with Crippen LogP contribution in [-0.4, -0.2) is 73.8 Å². The molecular formula is C24H25N5O4S2. The highest BCUT2D eigenvalue weighted by molar-refractivity contribution is 7.89. The van der Waals surface area contributed by atoms with Crippen molar-refractivity contribution in [1.29, 1.82) is 0 Å². The SMILES string of the molecule is NS(=O)(=O)c1ccc(-c2cccc(N3CC(N4CCN(C(=O)c5nccs5)CC4)CC3=O)c2)cc1. The van der Waals surface area contributed by atoms with Crippen molar-refractivity contribution in [1.82, 2.24) is 14.8 Å². The molecule has 0 spiro atoms. The molecule has 2 amide bonds. The molecule has 2 fully saturated rings. The van der Waals surface area contributed by atoms with Gasteiger partial charge in [-0.15, -0.1) is 11.3 Å². The summed E-state index contributed by atoms with van der Waals surface area (Å²) in [5.74, 6) is 0.0377. The Bertz CT molecular complexity index is 1330. The monoisotopic (exact) mass is 511 g/mol. The Morgan fingerprint density at radius 2 is 1.77 bits per heavy atom. The number of thiazole rings is 1. The van der Waals surface area contributed by atoms with Crippen LogP contribution in [0.3, 0.4) is 0 Å². The first kappa shape index (κ1) is 23.6. The molecule has 1 atom stereocenters. The molecule has 11 heteroatoms. The zero-order valence-electron chi connectivity index (χ0n) is 18.9. The van der Waals surface area contributed by atoms with E-state index in [1.165, 1.54) is 23.5 Å². The van der Waals surface area contributed by atoms with Crippen molar-refractivity contribution in [2.24, 2.45) is 5.14 Å². The van der Waals surface area contributed by atoms with Crippen LogP contribution in [0.4, 0.5) is 5.69 Å². The summed E-state index contributed by atoms with van der Waals surface area (Å²) in [6.07, 6.45) is 2.08. The van der Waals surface area contributed by atoms with Gasteiger partial charge in [-0.3, -0.25) is 14.5 Å². The van der Waals surface area contributed by atoms with Crippen molar-refractivity contribution < 1.29 is 18.0 Å². The number of carbonyl (C=O) groups is 2. The van der Waals surface area contributed by atoms with Gasteiger partial charge < -0.3 is 9.80 Å². The van der Waals surface area contributed by atoms with E-state index in [2.05, 4.69) is 9.88 Å². The molecule has 0 radical (unpaired) electrons. The number of rotatable bonds is 5. The van der Waals surface area contributed by atoms with Crippen molar-refractivity contribution in [3.8, 4) is 11.1 Å². The second-order valence-corrected chi connectivity index (χ2v) is 11.1. The first-order valence-corrected chi connectivity index (χ1v) is 13.7. The van der Waals surface area contributed by atoms with Crippen molar-refractivity contribution in [2.45, 2.75) is 17.4 Å². The minimum atomic E-state index is -3.75. The lowest BCUT2D eigenvalue weighted by atomic mass is 10.0. The molecule has 1 aromatic heterocycles. The highest BCUT2D eigenvalue weighted by Gasteiger charge is 2.36. The molecule has 9 nitrogen and oxygen atoms in total. The third kappa shape index (κ3) is 4.98. The molecule has 0 aliphatic carbocycles. The smallest absolute Gasteiger partial charge is 0.282 e. The van der Waals surface area contributed by atoms with Gasteiger partial charge in [0.1, 0.15) is 0 Å². The Labute approximate surface area is 207 Å². The Morgan fingerprint density at radius 1 is 1.03 bits per heavy atom. The fourth-order valence-corrected chi connectivity index (χ4v) is 5.75. The number of carbonyl (C=O) groups excluding carboxylic acids is 2. The van der Waals surface area contributed by atoms with Crippen molar-refractivity contribution in [3.05, 3.63) is 65.1 Å². The minimum absolute atomic E-state index is 0.0299. The van der Waals surface area contributed by atoms with Gasteiger partial charge in [-0.25, -0.2) is 18.5 Å². The van der Waals surface area contributed by atoms with Crippen LogP contribution in [0.25, 0.3) is 11.1 Å². The minimum Gasteiger partial charge on any atom is -0.334 e. The summed E-state index contributed by atoms with van der Waals surface area (Å²) < 4.78 is 23.0. The van der Waals surface area contributed by atoms with E-state index in [0.29, 0.717) is 31.1 Å². The largest absolute Gasteiger partial charge is 0.334 e. The molecule has 2 N–H and O–H groups in total. The summed E-state index contributed by atoms with van der Waals surface area (Å²) in [4.78, 5) is 35.6. The van der Waals surface area contributed by atoms with Crippen LogP contribution in [0.2, 0.25) is 0 Å². The Hall–Kier alpha value is -3.12. The lowest BCUT2D eigenvalue weighted by Gasteiger charge is -2.37. The van der Waals surface area contributed by atoms with E-state index in [1.54, 1.807) is 28.6 Å². The summed E-state index contributed by atoms with van der Waals surface area (Å²) in [6.45, 7) is 3.27. The summed E-state index contributed by atoms with van der Waals surface area (Å²) in [6, 6.07) is 14.1. The van der Waals surface area contributed by atoms with Crippen molar-refractivity contribution in [3.63, 3.8) is 0 Å². The van der Waals surface area contributed by atoms with Gasteiger partial charge in [-0.05, 0) is 35.4 Å². The number of primary sulfonamides is 1. The molecule has 2 saturated heterocycles. The van der Waals surface area contributed by atoms with E-state index in [9.17, 15) is 18.0 Å². The lowest BCUT2D eigenvalue weighted by Crippen LogP contribution is -2.52. The third-order valence-electron chi connectivity index (χ3n) is 6.51. The molecule has 3 heterocycles. The maximum atomic E-state index is 12.9. The third-order valence-corrected chi connectivity index (χ3v) is 8.20. The molecule has 0 saturated carbocycles. The van der Waals surface area contributed by atoms with Gasteiger partial charge in [-0.1, -0.05) is 24.3 Å². The zero-order chi connectivity index (χ0) is 24.6. The number of benzene rings is 2. The summed E-state index contributed by atoms with van der Waals surface area (Å²) in [5, 5.41) is 7.51. The predicted molar refractivity (Wildman–Crippen MR) is 134 cm³/mol. The highest BCUT2D eigenvalue weighted by Crippen LogP contribution is 2.30. The number of hydrogen-bond acceptors (Lipinski definition) is 7. The van der Waals surface area contributed by atoms with E-state index in [4.69, 9.17) is 5.14 Å². The van der Waals surface area contributed by atoms with Crippen LogP contribution in [0.5, 0.6) is 0 Å². The number of sulfonamides is 1. The summed E-state index contributed by atoms with van der Waals surface area (Å²) in [5.41, 5.74) is 2.53. The van der Waals surface area contributed by atoms with E-state index in [0.717, 1.165) is 29.9 Å². The Kier molecular flexibility index (Phi) is 6.41. The Morgan fingerprint density at radius 3 is 2.43 bits per heavy atom. The molecule has 35 heavy (non-hydrogen) atoms. The number of nitrogens with zero attached hydrogens (tertiary/aromatic N) is 4. The molecule has 2 aliphatic rings. The van der Waals surface area contributed by atoms with E-state index in [1.807, 2.05) is 29.2 Å². The number of piperazine rings is 1. The van der Waals surface area contributed by atoms with Crippen LogP contribution in [-0.2, 0) is 14.8 Å². The van der Waals surface area contributed by atoms with Crippen LogP contribution in [0.1, 0.15) is 16.2 Å². The molecule has 182 valence electrons. The molecule has 0 bridgehead atoms. The average molecular weight is 512 g/mol. The van der Waals surface area contributed by atoms with E-state index in [-0.39, 0.29) is 22.8 Å². The summed E-state index contributed by atoms with van der Waals surface area (Å²) in [7, 11) is -3.75. The van der Waals surface area contributed by atoms with Crippen LogP contribution < -0.4 is 10.0 Å². The number of nitrogens with two attached hydrogens (primary N) is 1. The van der Waals surface area contributed by atoms with E-state index < -0.39 is 10.0 Å². The lowest BCUT2D eigenvalue weighted by molar-refractivity contribution is -0.117. The van der Waals surface area contributed by atoms with Crippen LogP contribution in [0.15, 0.2) is 65.0 Å². The predicted octanol–water partition coefficient (Wildman–Crippen LogP) is 2.02. The van der Waals surface area contributed by atoms with Gasteiger partial charge >= 0.3 is 0 Å². The van der Waals surface area contributed by atoms with Crippen LogP contribution >= 0.6 is 11.3 Å². The zero-order valence-corrected chi connectivity index (χ0v) is 20.5. The first-order chi connectivity index (χ1) is 16.8. The van der Waals surface area contributed by atoms with Crippen LogP contribution in [0, 0.1) is 0 Å². The first-order valence-electron chi connectivity index (χ1n) is 11.3. The van der Waals surface area contributed by atoms with Crippen molar-refractivity contribution >= 4 is 38.9 Å². The normalized spacial score (nSPS) is 19.3. The molecule has 1 unspecified atom stereocenters. The number of hydrogen-bond donors (Lipinski definition) is 1. The molecule has 2 aliphatic heterocycles. The van der Waals surface area contributed by atoms with E-state index >= 15 is 0 Å². The average Bonchev–Trinajstić information content (AvgIpc) is 3.54. The van der Waals surface area contributed by atoms with Gasteiger partial charge in [0.2, 0.25) is 15.9 Å². The number of anilines is 1. The number of aromatic nitrogens is 1. The molecule has 5 rings (SSSR count). The Balaban J connectivity index is 1.24. The highest BCUT2D eigenvalue weighted by atomic mass is 32.2.